The number of amidine groups is 1. The zero-order valence-corrected chi connectivity index (χ0v) is 14.5. The predicted molar refractivity (Wildman–Crippen MR) is 104 cm³/mol. The molecule has 1 heterocycles. The van der Waals surface area contributed by atoms with Crippen molar-refractivity contribution in [3.63, 3.8) is 0 Å². The Labute approximate surface area is 153 Å². The molecule has 2 aromatic carbocycles. The van der Waals surface area contributed by atoms with E-state index in [-0.39, 0.29) is 11.5 Å². The highest BCUT2D eigenvalue weighted by Crippen LogP contribution is 2.31. The van der Waals surface area contributed by atoms with Crippen molar-refractivity contribution in [1.82, 2.24) is 10.5 Å². The third-order valence-electron chi connectivity index (χ3n) is 3.85. The van der Waals surface area contributed by atoms with Gasteiger partial charge in [-0.3, -0.25) is 9.93 Å². The molecule has 0 radical (unpaired) electrons. The van der Waals surface area contributed by atoms with Gasteiger partial charge in [-0.15, -0.1) is 5.10 Å². The molecule has 0 aliphatic carbocycles. The lowest BCUT2D eigenvalue weighted by Gasteiger charge is -2.13. The molecule has 0 fully saturated rings. The van der Waals surface area contributed by atoms with Crippen molar-refractivity contribution in [1.29, 1.82) is 0 Å². The van der Waals surface area contributed by atoms with Gasteiger partial charge in [-0.1, -0.05) is 24.3 Å². The number of hydrogen-bond acceptors (Lipinski definition) is 7. The monoisotopic (exact) mass is 367 g/mol. The van der Waals surface area contributed by atoms with Crippen LogP contribution in [0.5, 0.6) is 0 Å². The molecule has 0 spiro atoms. The molecule has 0 bridgehead atoms. The van der Waals surface area contributed by atoms with Crippen LogP contribution in [0.3, 0.4) is 0 Å². The van der Waals surface area contributed by atoms with Crippen LogP contribution in [-0.2, 0) is 0 Å². The first-order valence-corrected chi connectivity index (χ1v) is 8.43. The van der Waals surface area contributed by atoms with Crippen molar-refractivity contribution in [3.05, 3.63) is 59.8 Å². The number of carbonyl (C=O) groups is 1. The van der Waals surface area contributed by atoms with Crippen LogP contribution in [0.2, 0.25) is 0 Å². The summed E-state index contributed by atoms with van der Waals surface area (Å²) in [4.78, 5) is 16.3. The molecule has 1 aromatic heterocycles. The fourth-order valence-electron chi connectivity index (χ4n) is 2.69. The van der Waals surface area contributed by atoms with Gasteiger partial charge in [0.1, 0.15) is 5.69 Å². The zero-order chi connectivity index (χ0) is 18.7. The number of nitrogens with two attached hydrogens (primary N) is 4. The quantitative estimate of drug-likeness (QED) is 0.148. The summed E-state index contributed by atoms with van der Waals surface area (Å²) in [7, 11) is 0. The minimum atomic E-state index is -0.566. The average molecular weight is 367 g/mol. The summed E-state index contributed by atoms with van der Waals surface area (Å²) in [5.41, 5.74) is 16.9. The molecule has 0 atom stereocenters. The lowest BCUT2D eigenvalue weighted by Crippen LogP contribution is -2.24. The Hall–Kier alpha value is -3.14. The van der Waals surface area contributed by atoms with E-state index in [1.54, 1.807) is 12.1 Å². The lowest BCUT2D eigenvalue weighted by molar-refractivity contribution is 0.0996. The number of aromatic nitrogens is 1. The van der Waals surface area contributed by atoms with Gasteiger partial charge in [0.2, 0.25) is 0 Å². The summed E-state index contributed by atoms with van der Waals surface area (Å²) >= 11 is 1.07. The van der Waals surface area contributed by atoms with Crippen LogP contribution in [0.25, 0.3) is 22.0 Å². The molecule has 0 saturated carbocycles. The second-order valence-corrected chi connectivity index (χ2v) is 6.07. The maximum atomic E-state index is 11.3. The number of nitrogens with one attached hydrogen (secondary N) is 1. The first-order chi connectivity index (χ1) is 12.5. The molecular formula is C17H17N7OS. The van der Waals surface area contributed by atoms with Crippen LogP contribution in [-0.4, -0.2) is 16.7 Å². The van der Waals surface area contributed by atoms with E-state index in [0.29, 0.717) is 11.1 Å². The molecule has 26 heavy (non-hydrogen) atoms. The lowest BCUT2D eigenvalue weighted by atomic mass is 9.97. The average Bonchev–Trinajstić information content (AvgIpc) is 2.66. The molecule has 8 nitrogen and oxygen atoms in total. The third-order valence-corrected chi connectivity index (χ3v) is 4.44. The molecule has 0 unspecified atom stereocenters. The van der Waals surface area contributed by atoms with E-state index in [0.717, 1.165) is 33.4 Å². The van der Waals surface area contributed by atoms with Gasteiger partial charge in [0.15, 0.2) is 5.84 Å². The van der Waals surface area contributed by atoms with Gasteiger partial charge in [0.25, 0.3) is 5.91 Å². The van der Waals surface area contributed by atoms with Crippen LogP contribution in [0, 0.1) is 0 Å². The minimum absolute atomic E-state index is 0.220. The number of hydrazine groups is 1. The number of amides is 1. The molecule has 132 valence electrons. The van der Waals surface area contributed by atoms with Gasteiger partial charge >= 0.3 is 0 Å². The number of rotatable bonds is 5. The number of carbonyl (C=O) groups excluding carboxylic acids is 1. The molecule has 0 aliphatic heterocycles. The van der Waals surface area contributed by atoms with Crippen LogP contribution in [0.1, 0.15) is 16.1 Å². The van der Waals surface area contributed by atoms with Gasteiger partial charge in [-0.2, -0.15) is 0 Å². The molecule has 9 heteroatoms. The summed E-state index contributed by atoms with van der Waals surface area (Å²) < 4.78 is 0. The van der Waals surface area contributed by atoms with E-state index in [1.165, 1.54) is 0 Å². The van der Waals surface area contributed by atoms with E-state index in [2.05, 4.69) is 15.6 Å². The van der Waals surface area contributed by atoms with Gasteiger partial charge in [0, 0.05) is 15.8 Å². The smallest absolute Gasteiger partial charge is 0.267 e. The van der Waals surface area contributed by atoms with Crippen molar-refractivity contribution in [3.8, 4) is 11.1 Å². The highest BCUT2D eigenvalue weighted by Gasteiger charge is 2.15. The molecule has 3 aromatic rings. The second kappa shape index (κ2) is 7.40. The largest absolute Gasteiger partial charge is 0.382 e. The Bertz CT molecular complexity index is 1020. The molecule has 3 rings (SSSR count). The summed E-state index contributed by atoms with van der Waals surface area (Å²) in [5, 5.41) is 10.5. The first-order valence-electron chi connectivity index (χ1n) is 7.55. The number of pyridine rings is 1. The maximum Gasteiger partial charge on any atom is 0.267 e. The molecular weight excluding hydrogens is 350 g/mol. The predicted octanol–water partition coefficient (Wildman–Crippen LogP) is 1.05. The Morgan fingerprint density at radius 2 is 1.92 bits per heavy atom. The normalized spacial score (nSPS) is 11.5. The molecule has 0 aliphatic rings. The van der Waals surface area contributed by atoms with Crippen molar-refractivity contribution in [2.45, 2.75) is 4.90 Å². The van der Waals surface area contributed by atoms with E-state index in [9.17, 15) is 4.79 Å². The van der Waals surface area contributed by atoms with Gasteiger partial charge in [0.05, 0.1) is 5.52 Å². The molecule has 0 saturated heterocycles. The Kier molecular flexibility index (Phi) is 5.03. The number of fused-ring (bicyclic) bond motifs is 1. The fraction of sp³-hybridized carbons (Fsp3) is 0. The van der Waals surface area contributed by atoms with E-state index < -0.39 is 5.91 Å². The summed E-state index contributed by atoms with van der Waals surface area (Å²) in [6.45, 7) is 0. The summed E-state index contributed by atoms with van der Waals surface area (Å²) in [6.07, 6.45) is 0. The molecule has 1 amide bonds. The van der Waals surface area contributed by atoms with Crippen LogP contribution < -0.4 is 28.0 Å². The summed E-state index contributed by atoms with van der Waals surface area (Å²) in [6, 6.07) is 14.7. The van der Waals surface area contributed by atoms with Crippen LogP contribution >= 0.6 is 11.9 Å². The van der Waals surface area contributed by atoms with E-state index >= 15 is 0 Å². The number of nitrogens with zero attached hydrogens (tertiary/aromatic N) is 2. The zero-order valence-electron chi connectivity index (χ0n) is 13.6. The van der Waals surface area contributed by atoms with E-state index in [4.69, 9.17) is 22.4 Å². The Balaban J connectivity index is 2.19. The number of primary amides is 1. The third kappa shape index (κ3) is 3.31. The highest BCUT2D eigenvalue weighted by atomic mass is 32.2. The Morgan fingerprint density at radius 3 is 2.62 bits per heavy atom. The van der Waals surface area contributed by atoms with E-state index in [1.807, 2.05) is 36.4 Å². The van der Waals surface area contributed by atoms with Gasteiger partial charge in [-0.05, 0) is 47.3 Å². The minimum Gasteiger partial charge on any atom is -0.382 e. The topological polar surface area (TPSA) is 158 Å². The van der Waals surface area contributed by atoms with Crippen molar-refractivity contribution >= 4 is 34.6 Å². The second-order valence-electron chi connectivity index (χ2n) is 5.39. The van der Waals surface area contributed by atoms with Crippen molar-refractivity contribution in [2.24, 2.45) is 27.6 Å². The van der Waals surface area contributed by atoms with Gasteiger partial charge < -0.3 is 11.5 Å². The Morgan fingerprint density at radius 1 is 1.12 bits per heavy atom. The fourth-order valence-corrected chi connectivity index (χ4v) is 3.18. The van der Waals surface area contributed by atoms with Crippen LogP contribution in [0.4, 0.5) is 0 Å². The van der Waals surface area contributed by atoms with Crippen molar-refractivity contribution < 1.29 is 4.79 Å². The number of hydrogen-bond donors (Lipinski definition) is 5. The van der Waals surface area contributed by atoms with Crippen LogP contribution in [0.15, 0.2) is 58.5 Å². The standard InChI is InChI=1S/C17H17N7OS/c18-16(23-24-20)15-11(2-1-3-14(15)26-21)9-4-6-12-10(8-9)5-7-13(22-12)17(19)25/h1-8,24H,20-21H2,(H2,18,23)(H2,19,25). The summed E-state index contributed by atoms with van der Waals surface area (Å²) in [5.74, 6) is 4.91. The SMILES string of the molecule is NN/N=C(\N)c1c(SN)cccc1-c1ccc2nc(C(N)=O)ccc2c1. The van der Waals surface area contributed by atoms with Crippen molar-refractivity contribution in [2.75, 3.05) is 0 Å². The highest BCUT2D eigenvalue weighted by molar-refractivity contribution is 7.97. The maximum absolute atomic E-state index is 11.3. The van der Waals surface area contributed by atoms with Gasteiger partial charge in [-0.25, -0.2) is 16.4 Å². The first kappa shape index (κ1) is 17.7. The number of benzene rings is 2. The number of hydrazone groups is 1. The molecule has 9 N–H and O–H groups in total.